The predicted octanol–water partition coefficient (Wildman–Crippen LogP) is -1.10. The van der Waals surface area contributed by atoms with Crippen LogP contribution < -0.4 is 16.1 Å². The Morgan fingerprint density at radius 2 is 2.35 bits per heavy atom. The van der Waals surface area contributed by atoms with Crippen molar-refractivity contribution in [3.05, 3.63) is 16.7 Å². The van der Waals surface area contributed by atoms with Gasteiger partial charge in [-0.2, -0.15) is 9.71 Å². The molecule has 2 aromatic heterocycles. The zero-order valence-corrected chi connectivity index (χ0v) is 9.09. The summed E-state index contributed by atoms with van der Waals surface area (Å²) in [5.74, 6) is 0.0169. The Morgan fingerprint density at radius 1 is 1.53 bits per heavy atom. The van der Waals surface area contributed by atoms with Gasteiger partial charge in [0.25, 0.3) is 5.56 Å². The first kappa shape index (κ1) is 11.4. The first-order chi connectivity index (χ1) is 8.22. The Labute approximate surface area is 96.0 Å². The first-order valence-electron chi connectivity index (χ1n) is 5.19. The molecule has 8 heteroatoms. The molecule has 0 atom stereocenters. The van der Waals surface area contributed by atoms with Gasteiger partial charge >= 0.3 is 0 Å². The zero-order valence-electron chi connectivity index (χ0n) is 9.09. The molecule has 0 aliphatic heterocycles. The molecule has 0 aromatic carbocycles. The number of imidazole rings is 1. The Morgan fingerprint density at radius 3 is 3.12 bits per heavy atom. The van der Waals surface area contributed by atoms with Crippen molar-refractivity contribution in [1.29, 1.82) is 0 Å². The van der Waals surface area contributed by atoms with E-state index in [1.54, 1.807) is 0 Å². The Bertz CT molecular complexity index is 561. The minimum absolute atomic E-state index is 0.0169. The van der Waals surface area contributed by atoms with E-state index in [0.29, 0.717) is 19.4 Å². The smallest absolute Gasteiger partial charge is 0.280 e. The van der Waals surface area contributed by atoms with Gasteiger partial charge in [-0.05, 0) is 12.8 Å². The highest BCUT2D eigenvalue weighted by Crippen LogP contribution is 2.04. The second-order valence-electron chi connectivity index (χ2n) is 3.46. The summed E-state index contributed by atoms with van der Waals surface area (Å²) in [6.45, 7) is 0.527. The highest BCUT2D eigenvalue weighted by Gasteiger charge is 2.09. The number of nitrogens with two attached hydrogens (primary N) is 1. The molecule has 0 amide bonds. The van der Waals surface area contributed by atoms with Crippen LogP contribution in [0.3, 0.4) is 0 Å². The van der Waals surface area contributed by atoms with E-state index in [9.17, 15) is 4.79 Å². The van der Waals surface area contributed by atoms with Crippen LogP contribution >= 0.6 is 0 Å². The van der Waals surface area contributed by atoms with Gasteiger partial charge in [-0.1, -0.05) is 0 Å². The Hall–Kier alpha value is -2.09. The summed E-state index contributed by atoms with van der Waals surface area (Å²) in [6, 6.07) is 0. The minimum atomic E-state index is -0.398. The van der Waals surface area contributed by atoms with Gasteiger partial charge in [0, 0.05) is 6.61 Å². The number of rotatable bonds is 5. The van der Waals surface area contributed by atoms with Gasteiger partial charge in [-0.15, -0.1) is 0 Å². The lowest BCUT2D eigenvalue weighted by atomic mass is 10.3. The number of H-pyrrole nitrogens is 1. The summed E-state index contributed by atoms with van der Waals surface area (Å²) in [7, 11) is 0. The van der Waals surface area contributed by atoms with Crippen molar-refractivity contribution in [2.45, 2.75) is 12.8 Å². The molecule has 0 radical (unpaired) electrons. The predicted molar refractivity (Wildman–Crippen MR) is 60.3 cm³/mol. The van der Waals surface area contributed by atoms with Crippen molar-refractivity contribution >= 4 is 17.1 Å². The third kappa shape index (κ3) is 2.36. The molecule has 4 N–H and O–H groups in total. The average Bonchev–Trinajstić information content (AvgIpc) is 2.68. The third-order valence-corrected chi connectivity index (χ3v) is 2.18. The number of nitrogens with zero attached hydrogens (tertiary/aromatic N) is 3. The van der Waals surface area contributed by atoms with Gasteiger partial charge in [0.1, 0.15) is 12.9 Å². The number of fused-ring (bicyclic) bond motifs is 1. The normalized spacial score (nSPS) is 10.9. The summed E-state index contributed by atoms with van der Waals surface area (Å²) >= 11 is 0. The highest BCUT2D eigenvalue weighted by atomic mass is 16.7. The van der Waals surface area contributed by atoms with E-state index < -0.39 is 5.56 Å². The van der Waals surface area contributed by atoms with Crippen LogP contribution in [-0.2, 0) is 0 Å². The maximum absolute atomic E-state index is 11.4. The summed E-state index contributed by atoms with van der Waals surface area (Å²) < 4.78 is 1.30. The lowest BCUT2D eigenvalue weighted by molar-refractivity contribution is 0.110. The van der Waals surface area contributed by atoms with E-state index in [1.165, 1.54) is 11.1 Å². The van der Waals surface area contributed by atoms with Crippen LogP contribution in [0.5, 0.6) is 0 Å². The number of aromatic amines is 1. The molecule has 0 saturated carbocycles. The number of hydrogen-bond acceptors (Lipinski definition) is 6. The second kappa shape index (κ2) is 4.83. The quantitative estimate of drug-likeness (QED) is 0.570. The molecule has 0 bridgehead atoms. The topological polar surface area (TPSA) is 119 Å². The van der Waals surface area contributed by atoms with E-state index in [4.69, 9.17) is 15.7 Å². The van der Waals surface area contributed by atoms with Crippen LogP contribution in [0.2, 0.25) is 0 Å². The van der Waals surface area contributed by atoms with E-state index >= 15 is 0 Å². The molecule has 92 valence electrons. The van der Waals surface area contributed by atoms with Crippen LogP contribution in [0.1, 0.15) is 12.8 Å². The lowest BCUT2D eigenvalue weighted by Crippen LogP contribution is -2.16. The molecule has 0 fully saturated rings. The molecule has 0 aliphatic rings. The number of nitrogen functional groups attached to an aromatic ring is 1. The molecule has 2 aromatic rings. The number of aliphatic hydroxyl groups is 1. The highest BCUT2D eigenvalue weighted by molar-refractivity contribution is 5.69. The fourth-order valence-corrected chi connectivity index (χ4v) is 1.38. The molecule has 0 unspecified atom stereocenters. The number of hydrogen-bond donors (Lipinski definition) is 3. The summed E-state index contributed by atoms with van der Waals surface area (Å²) in [6.07, 6.45) is 2.73. The molecular weight excluding hydrogens is 226 g/mol. The Kier molecular flexibility index (Phi) is 3.24. The molecular formula is C9H13N5O3. The molecule has 17 heavy (non-hydrogen) atoms. The molecule has 0 aliphatic carbocycles. The number of unbranched alkanes of at least 4 members (excludes halogenated alkanes) is 1. The third-order valence-electron chi connectivity index (χ3n) is 2.18. The van der Waals surface area contributed by atoms with Crippen LogP contribution in [-0.4, -0.2) is 38.0 Å². The number of aromatic nitrogens is 4. The maximum atomic E-state index is 11.4. The second-order valence-corrected chi connectivity index (χ2v) is 3.46. The Balaban J connectivity index is 2.21. The van der Waals surface area contributed by atoms with Gasteiger partial charge in [0.15, 0.2) is 5.52 Å². The van der Waals surface area contributed by atoms with Gasteiger partial charge in [0.05, 0.1) is 0 Å². The van der Waals surface area contributed by atoms with Crippen LogP contribution in [0.15, 0.2) is 11.1 Å². The van der Waals surface area contributed by atoms with E-state index in [0.717, 1.165) is 0 Å². The van der Waals surface area contributed by atoms with Gasteiger partial charge in [0.2, 0.25) is 11.6 Å². The van der Waals surface area contributed by atoms with Crippen molar-refractivity contribution in [3.8, 4) is 0 Å². The first-order valence-corrected chi connectivity index (χ1v) is 5.19. The maximum Gasteiger partial charge on any atom is 0.280 e. The average molecular weight is 239 g/mol. The van der Waals surface area contributed by atoms with Crippen molar-refractivity contribution in [3.63, 3.8) is 0 Å². The lowest BCUT2D eigenvalue weighted by Gasteiger charge is -2.05. The van der Waals surface area contributed by atoms with Crippen molar-refractivity contribution in [2.24, 2.45) is 0 Å². The standard InChI is InChI=1S/C9H13N5O3/c10-9-12-7-6(8(16)13-9)11-5-14(7)17-4-2-1-3-15/h5,15H,1-4H2,(H3,10,12,13,16). The molecule has 8 nitrogen and oxygen atoms in total. The van der Waals surface area contributed by atoms with Crippen LogP contribution in [0.4, 0.5) is 5.95 Å². The zero-order chi connectivity index (χ0) is 12.3. The van der Waals surface area contributed by atoms with Crippen LogP contribution in [0.25, 0.3) is 11.2 Å². The number of aliphatic hydroxyl groups excluding tert-OH is 1. The van der Waals surface area contributed by atoms with Crippen molar-refractivity contribution in [1.82, 2.24) is 19.7 Å². The molecule has 0 spiro atoms. The van der Waals surface area contributed by atoms with Gasteiger partial charge < -0.3 is 15.7 Å². The summed E-state index contributed by atoms with van der Waals surface area (Å²) in [4.78, 5) is 27.0. The fraction of sp³-hybridized carbons (Fsp3) is 0.444. The minimum Gasteiger partial charge on any atom is -0.411 e. The molecule has 0 saturated heterocycles. The van der Waals surface area contributed by atoms with E-state index in [2.05, 4.69) is 15.0 Å². The fourth-order valence-electron chi connectivity index (χ4n) is 1.38. The number of anilines is 1. The van der Waals surface area contributed by atoms with Crippen molar-refractivity contribution in [2.75, 3.05) is 18.9 Å². The number of nitrogens with one attached hydrogen (secondary N) is 1. The monoisotopic (exact) mass is 239 g/mol. The van der Waals surface area contributed by atoms with Crippen molar-refractivity contribution < 1.29 is 9.94 Å². The SMILES string of the molecule is Nc1nc2c(ncn2OCCCCO)c(=O)[nH]1. The summed E-state index contributed by atoms with van der Waals surface area (Å²) in [5.41, 5.74) is 5.50. The largest absolute Gasteiger partial charge is 0.411 e. The summed E-state index contributed by atoms with van der Waals surface area (Å²) in [5, 5.41) is 8.62. The molecule has 2 heterocycles. The van der Waals surface area contributed by atoms with Crippen LogP contribution in [0, 0.1) is 0 Å². The van der Waals surface area contributed by atoms with Gasteiger partial charge in [-0.3, -0.25) is 9.78 Å². The van der Waals surface area contributed by atoms with E-state index in [-0.39, 0.29) is 23.7 Å². The van der Waals surface area contributed by atoms with E-state index in [1.807, 2.05) is 0 Å². The molecule has 2 rings (SSSR count). The van der Waals surface area contributed by atoms with Gasteiger partial charge in [-0.25, -0.2) is 4.98 Å².